The van der Waals surface area contributed by atoms with Gasteiger partial charge in [-0.05, 0) is 25.9 Å². The number of amides is 1. The average molecular weight is 304 g/mol. The van der Waals surface area contributed by atoms with Crippen LogP contribution in [-0.2, 0) is 4.79 Å². The fourth-order valence-corrected chi connectivity index (χ4v) is 3.04. The molecule has 2 aliphatic heterocycles. The van der Waals surface area contributed by atoms with E-state index in [1.54, 1.807) is 11.2 Å². The summed E-state index contributed by atoms with van der Waals surface area (Å²) in [6.07, 6.45) is 3.86. The molecule has 0 radical (unpaired) electrons. The van der Waals surface area contributed by atoms with Gasteiger partial charge in [0.2, 0.25) is 5.91 Å². The number of likely N-dealkylation sites (N-methyl/N-ethyl adjacent to an activating group) is 1. The monoisotopic (exact) mass is 304 g/mol. The number of carbonyl (C=O) groups is 1. The molecule has 1 aromatic rings. The summed E-state index contributed by atoms with van der Waals surface area (Å²) in [7, 11) is 3.94. The fourth-order valence-electron chi connectivity index (χ4n) is 3.04. The van der Waals surface area contributed by atoms with Gasteiger partial charge in [0.05, 0.1) is 6.54 Å². The second kappa shape index (κ2) is 6.48. The van der Waals surface area contributed by atoms with E-state index in [9.17, 15) is 4.79 Å². The first-order valence-electron chi connectivity index (χ1n) is 7.89. The van der Waals surface area contributed by atoms with Gasteiger partial charge in [-0.3, -0.25) is 4.79 Å². The van der Waals surface area contributed by atoms with Crippen molar-refractivity contribution in [1.82, 2.24) is 20.2 Å². The molecule has 2 aliphatic rings. The molecule has 0 aliphatic carbocycles. The predicted molar refractivity (Wildman–Crippen MR) is 86.2 cm³/mol. The Hall–Kier alpha value is -1.89. The van der Waals surface area contributed by atoms with Gasteiger partial charge < -0.3 is 20.0 Å². The van der Waals surface area contributed by atoms with Crippen LogP contribution in [0, 0.1) is 0 Å². The van der Waals surface area contributed by atoms with E-state index in [1.165, 1.54) is 0 Å². The van der Waals surface area contributed by atoms with E-state index in [0.717, 1.165) is 50.7 Å². The Balaban J connectivity index is 1.73. The van der Waals surface area contributed by atoms with Crippen LogP contribution >= 0.6 is 0 Å². The van der Waals surface area contributed by atoms with Gasteiger partial charge in [0, 0.05) is 39.3 Å². The van der Waals surface area contributed by atoms with Crippen molar-refractivity contribution in [3.8, 4) is 0 Å². The molecule has 1 aromatic heterocycles. The molecule has 7 heteroatoms. The highest BCUT2D eigenvalue weighted by Gasteiger charge is 2.24. The molecule has 0 saturated carbocycles. The van der Waals surface area contributed by atoms with Gasteiger partial charge in [0.1, 0.15) is 18.0 Å². The summed E-state index contributed by atoms with van der Waals surface area (Å²) in [5.41, 5.74) is 0. The normalized spacial score (nSPS) is 20.4. The third kappa shape index (κ3) is 3.14. The molecular weight excluding hydrogens is 280 g/mol. The summed E-state index contributed by atoms with van der Waals surface area (Å²) in [5, 5.41) is 3.38. The molecule has 2 fully saturated rings. The minimum atomic E-state index is 0.137. The average Bonchev–Trinajstić information content (AvgIpc) is 2.57. The van der Waals surface area contributed by atoms with Crippen molar-refractivity contribution in [2.45, 2.75) is 18.9 Å². The second-order valence-corrected chi connectivity index (χ2v) is 6.06. The zero-order chi connectivity index (χ0) is 15.5. The van der Waals surface area contributed by atoms with Gasteiger partial charge in [0.15, 0.2) is 0 Å². The molecule has 2 saturated heterocycles. The van der Waals surface area contributed by atoms with Crippen molar-refractivity contribution in [3.63, 3.8) is 0 Å². The number of carbonyl (C=O) groups excluding carboxylic acids is 1. The van der Waals surface area contributed by atoms with E-state index in [0.29, 0.717) is 12.6 Å². The third-order valence-electron chi connectivity index (χ3n) is 4.64. The zero-order valence-corrected chi connectivity index (χ0v) is 13.3. The molecule has 3 rings (SSSR count). The molecule has 0 atom stereocenters. The molecule has 1 N–H and O–H groups in total. The van der Waals surface area contributed by atoms with E-state index in [2.05, 4.69) is 27.2 Å². The highest BCUT2D eigenvalue weighted by Crippen LogP contribution is 2.22. The standard InChI is InChI=1S/C15H24N6O/c1-19-7-8-21(10-15(19)22)14-9-13(17-11-18-14)20(2)12-3-5-16-6-4-12/h9,11-12,16H,3-8,10H2,1-2H3. The smallest absolute Gasteiger partial charge is 0.241 e. The lowest BCUT2D eigenvalue weighted by Gasteiger charge is -2.34. The minimum absolute atomic E-state index is 0.137. The number of hydrogen-bond donors (Lipinski definition) is 1. The maximum atomic E-state index is 11.9. The molecule has 0 spiro atoms. The summed E-state index contributed by atoms with van der Waals surface area (Å²) < 4.78 is 0. The molecule has 0 bridgehead atoms. The molecule has 3 heterocycles. The number of piperazine rings is 1. The topological polar surface area (TPSA) is 64.6 Å². The van der Waals surface area contributed by atoms with E-state index in [-0.39, 0.29) is 5.91 Å². The first-order valence-corrected chi connectivity index (χ1v) is 7.89. The molecule has 7 nitrogen and oxygen atoms in total. The molecule has 22 heavy (non-hydrogen) atoms. The van der Waals surface area contributed by atoms with Crippen molar-refractivity contribution < 1.29 is 4.79 Å². The van der Waals surface area contributed by atoms with Gasteiger partial charge in [-0.1, -0.05) is 0 Å². The number of piperidine rings is 1. The Bertz CT molecular complexity index is 531. The number of anilines is 2. The first-order chi connectivity index (χ1) is 10.6. The van der Waals surface area contributed by atoms with E-state index in [4.69, 9.17) is 0 Å². The number of aromatic nitrogens is 2. The largest absolute Gasteiger partial charge is 0.356 e. The van der Waals surface area contributed by atoms with Crippen molar-refractivity contribution in [2.24, 2.45) is 0 Å². The predicted octanol–water partition coefficient (Wildman–Crippen LogP) is -0.0568. The highest BCUT2D eigenvalue weighted by molar-refractivity contribution is 5.82. The van der Waals surface area contributed by atoms with E-state index < -0.39 is 0 Å². The SMILES string of the molecule is CN1CCN(c2cc(N(C)C3CCNCC3)ncn2)CC1=O. The lowest BCUT2D eigenvalue weighted by atomic mass is 10.1. The summed E-state index contributed by atoms with van der Waals surface area (Å²) in [4.78, 5) is 26.7. The minimum Gasteiger partial charge on any atom is -0.356 e. The Morgan fingerprint density at radius 2 is 2.05 bits per heavy atom. The van der Waals surface area contributed by atoms with E-state index >= 15 is 0 Å². The quantitative estimate of drug-likeness (QED) is 0.844. The van der Waals surface area contributed by atoms with Gasteiger partial charge in [-0.15, -0.1) is 0 Å². The van der Waals surface area contributed by atoms with Crippen LogP contribution in [0.4, 0.5) is 11.6 Å². The number of hydrogen-bond acceptors (Lipinski definition) is 6. The first kappa shape index (κ1) is 15.0. The summed E-state index contributed by atoms with van der Waals surface area (Å²) in [6.45, 7) is 4.06. The van der Waals surface area contributed by atoms with Crippen LogP contribution in [0.15, 0.2) is 12.4 Å². The number of nitrogens with one attached hydrogen (secondary N) is 1. The van der Waals surface area contributed by atoms with Crippen LogP contribution in [0.3, 0.4) is 0 Å². The van der Waals surface area contributed by atoms with Crippen LogP contribution in [-0.4, -0.2) is 73.6 Å². The lowest BCUT2D eigenvalue weighted by molar-refractivity contribution is -0.129. The van der Waals surface area contributed by atoms with Crippen LogP contribution < -0.4 is 15.1 Å². The molecule has 1 amide bonds. The van der Waals surface area contributed by atoms with Crippen molar-refractivity contribution in [1.29, 1.82) is 0 Å². The lowest BCUT2D eigenvalue weighted by Crippen LogP contribution is -2.49. The van der Waals surface area contributed by atoms with Crippen LogP contribution in [0.1, 0.15) is 12.8 Å². The van der Waals surface area contributed by atoms with Crippen LogP contribution in [0.5, 0.6) is 0 Å². The van der Waals surface area contributed by atoms with Crippen molar-refractivity contribution in [2.75, 3.05) is 56.6 Å². The summed E-state index contributed by atoms with van der Waals surface area (Å²) in [5.74, 6) is 1.91. The Morgan fingerprint density at radius 3 is 2.77 bits per heavy atom. The van der Waals surface area contributed by atoms with Gasteiger partial charge in [-0.25, -0.2) is 9.97 Å². The number of rotatable bonds is 3. The van der Waals surface area contributed by atoms with Crippen LogP contribution in [0.2, 0.25) is 0 Å². The molecule has 0 aromatic carbocycles. The van der Waals surface area contributed by atoms with Crippen molar-refractivity contribution >= 4 is 17.5 Å². The van der Waals surface area contributed by atoms with Crippen LogP contribution in [0.25, 0.3) is 0 Å². The Kier molecular flexibility index (Phi) is 4.42. The highest BCUT2D eigenvalue weighted by atomic mass is 16.2. The van der Waals surface area contributed by atoms with E-state index in [1.807, 2.05) is 18.0 Å². The van der Waals surface area contributed by atoms with Gasteiger partial charge >= 0.3 is 0 Å². The molecule has 120 valence electrons. The summed E-state index contributed by atoms with van der Waals surface area (Å²) in [6, 6.07) is 2.51. The van der Waals surface area contributed by atoms with Gasteiger partial charge in [-0.2, -0.15) is 0 Å². The summed E-state index contributed by atoms with van der Waals surface area (Å²) >= 11 is 0. The Morgan fingerprint density at radius 1 is 1.27 bits per heavy atom. The maximum Gasteiger partial charge on any atom is 0.241 e. The fraction of sp³-hybridized carbons (Fsp3) is 0.667. The second-order valence-electron chi connectivity index (χ2n) is 6.06. The zero-order valence-electron chi connectivity index (χ0n) is 13.3. The molecular formula is C15H24N6O. The third-order valence-corrected chi connectivity index (χ3v) is 4.64. The van der Waals surface area contributed by atoms with Gasteiger partial charge in [0.25, 0.3) is 0 Å². The van der Waals surface area contributed by atoms with Crippen molar-refractivity contribution in [3.05, 3.63) is 12.4 Å². The Labute approximate surface area is 131 Å². The maximum absolute atomic E-state index is 11.9. The number of nitrogens with zero attached hydrogens (tertiary/aromatic N) is 5. The molecule has 0 unspecified atom stereocenters.